The van der Waals surface area contributed by atoms with Crippen LogP contribution in [-0.2, 0) is 34.1 Å². The van der Waals surface area contributed by atoms with Crippen molar-refractivity contribution in [3.05, 3.63) is 64.7 Å². The third kappa shape index (κ3) is 4.70. The lowest BCUT2D eigenvalue weighted by molar-refractivity contribution is -0.121. The number of rotatable bonds is 6. The van der Waals surface area contributed by atoms with Gasteiger partial charge in [0, 0.05) is 13.0 Å². The molecule has 0 aromatic heterocycles. The second kappa shape index (κ2) is 8.67. The van der Waals surface area contributed by atoms with Crippen molar-refractivity contribution in [1.82, 2.24) is 10.0 Å². The summed E-state index contributed by atoms with van der Waals surface area (Å²) in [5.41, 5.74) is 4.86. The molecule has 0 saturated carbocycles. The summed E-state index contributed by atoms with van der Waals surface area (Å²) in [4.78, 5) is 12.7. The molecular formula is C23H28N2O3S. The van der Waals surface area contributed by atoms with Crippen molar-refractivity contribution in [1.29, 1.82) is 0 Å². The van der Waals surface area contributed by atoms with Gasteiger partial charge >= 0.3 is 0 Å². The Morgan fingerprint density at radius 2 is 1.69 bits per heavy atom. The molecule has 2 aliphatic carbocycles. The average Bonchev–Trinajstić information content (AvgIpc) is 2.73. The molecule has 0 bridgehead atoms. The first-order valence-corrected chi connectivity index (χ1v) is 12.0. The number of sulfonamides is 1. The van der Waals surface area contributed by atoms with E-state index in [4.69, 9.17) is 0 Å². The zero-order chi connectivity index (χ0) is 20.3. The van der Waals surface area contributed by atoms with E-state index >= 15 is 0 Å². The van der Waals surface area contributed by atoms with E-state index in [1.165, 1.54) is 16.7 Å². The van der Waals surface area contributed by atoms with E-state index in [0.717, 1.165) is 50.5 Å². The Hall–Kier alpha value is -2.18. The third-order valence-corrected chi connectivity index (χ3v) is 7.44. The standard InChI is InChI=1S/C23H28N2O3S/c26-23(25-22-11-5-9-18-7-3-4-10-21(18)22)14-15-24-29(27,28)20-13-12-17-6-1-2-8-19(17)16-20/h3-4,7,10,12-13,16,22,24H,1-2,5-6,8-9,11,14-15H2,(H,25,26)/t22-/m0/s1. The molecule has 2 aromatic rings. The fraction of sp³-hybridized carbons (Fsp3) is 0.435. The monoisotopic (exact) mass is 412 g/mol. The van der Waals surface area contributed by atoms with Gasteiger partial charge in [-0.3, -0.25) is 4.79 Å². The van der Waals surface area contributed by atoms with Gasteiger partial charge in [0.25, 0.3) is 0 Å². The van der Waals surface area contributed by atoms with Gasteiger partial charge in [0.2, 0.25) is 15.9 Å². The van der Waals surface area contributed by atoms with Crippen LogP contribution in [0, 0.1) is 0 Å². The fourth-order valence-corrected chi connectivity index (χ4v) is 5.51. The predicted molar refractivity (Wildman–Crippen MR) is 113 cm³/mol. The van der Waals surface area contributed by atoms with Crippen LogP contribution in [0.3, 0.4) is 0 Å². The summed E-state index contributed by atoms with van der Waals surface area (Å²) in [5, 5.41) is 3.07. The largest absolute Gasteiger partial charge is 0.349 e. The van der Waals surface area contributed by atoms with Crippen LogP contribution in [0.25, 0.3) is 0 Å². The molecule has 0 unspecified atom stereocenters. The number of benzene rings is 2. The number of carbonyl (C=O) groups is 1. The number of aryl methyl sites for hydroxylation is 3. The minimum Gasteiger partial charge on any atom is -0.349 e. The lowest BCUT2D eigenvalue weighted by atomic mass is 9.88. The highest BCUT2D eigenvalue weighted by atomic mass is 32.2. The molecular weight excluding hydrogens is 384 g/mol. The SMILES string of the molecule is O=C(CCNS(=O)(=O)c1ccc2c(c1)CCCC2)N[C@H]1CCCc2ccccc21. The topological polar surface area (TPSA) is 75.3 Å². The van der Waals surface area contributed by atoms with Crippen LogP contribution in [-0.4, -0.2) is 20.9 Å². The second-order valence-electron chi connectivity index (χ2n) is 8.00. The first-order chi connectivity index (χ1) is 14.0. The summed E-state index contributed by atoms with van der Waals surface area (Å²) in [6.07, 6.45) is 7.37. The maximum absolute atomic E-state index is 12.6. The van der Waals surface area contributed by atoms with Crippen LogP contribution >= 0.6 is 0 Å². The van der Waals surface area contributed by atoms with Crippen LogP contribution in [0.1, 0.15) is 60.4 Å². The van der Waals surface area contributed by atoms with Crippen LogP contribution < -0.4 is 10.0 Å². The van der Waals surface area contributed by atoms with E-state index in [1.54, 1.807) is 12.1 Å². The van der Waals surface area contributed by atoms with Crippen molar-refractivity contribution in [2.75, 3.05) is 6.54 Å². The van der Waals surface area contributed by atoms with Gasteiger partial charge in [0.15, 0.2) is 0 Å². The molecule has 4 rings (SSSR count). The lowest BCUT2D eigenvalue weighted by Crippen LogP contribution is -2.34. The minimum absolute atomic E-state index is 0.0182. The predicted octanol–water partition coefficient (Wildman–Crippen LogP) is 3.43. The highest BCUT2D eigenvalue weighted by Crippen LogP contribution is 2.29. The first-order valence-electron chi connectivity index (χ1n) is 10.5. The van der Waals surface area contributed by atoms with Crippen molar-refractivity contribution in [2.45, 2.75) is 62.3 Å². The van der Waals surface area contributed by atoms with E-state index in [0.29, 0.717) is 4.90 Å². The zero-order valence-electron chi connectivity index (χ0n) is 16.6. The molecule has 2 aliphatic rings. The molecule has 0 fully saturated rings. The van der Waals surface area contributed by atoms with Gasteiger partial charge in [-0.1, -0.05) is 30.3 Å². The van der Waals surface area contributed by atoms with Crippen molar-refractivity contribution in [3.8, 4) is 0 Å². The summed E-state index contributed by atoms with van der Waals surface area (Å²) in [7, 11) is -3.60. The lowest BCUT2D eigenvalue weighted by Gasteiger charge is -2.26. The first kappa shape index (κ1) is 20.1. The Bertz CT molecular complexity index is 1000. The molecule has 0 saturated heterocycles. The van der Waals surface area contributed by atoms with Crippen molar-refractivity contribution >= 4 is 15.9 Å². The Labute approximate surface area is 173 Å². The van der Waals surface area contributed by atoms with Gasteiger partial charge in [0.05, 0.1) is 10.9 Å². The summed E-state index contributed by atoms with van der Waals surface area (Å²) in [6, 6.07) is 13.6. The van der Waals surface area contributed by atoms with Crippen molar-refractivity contribution in [2.24, 2.45) is 0 Å². The van der Waals surface area contributed by atoms with Crippen molar-refractivity contribution < 1.29 is 13.2 Å². The smallest absolute Gasteiger partial charge is 0.240 e. The van der Waals surface area contributed by atoms with Crippen LogP contribution in [0.5, 0.6) is 0 Å². The summed E-state index contributed by atoms with van der Waals surface area (Å²) in [5.74, 6) is -0.125. The molecule has 2 N–H and O–H groups in total. The number of hydrogen-bond acceptors (Lipinski definition) is 3. The quantitative estimate of drug-likeness (QED) is 0.763. The second-order valence-corrected chi connectivity index (χ2v) is 9.76. The van der Waals surface area contributed by atoms with Gasteiger partial charge < -0.3 is 5.32 Å². The van der Waals surface area contributed by atoms with Gasteiger partial charge in [-0.25, -0.2) is 13.1 Å². The number of carbonyl (C=O) groups excluding carboxylic acids is 1. The van der Waals surface area contributed by atoms with E-state index < -0.39 is 10.0 Å². The Morgan fingerprint density at radius 3 is 2.55 bits per heavy atom. The molecule has 0 spiro atoms. The van der Waals surface area contributed by atoms with E-state index in [9.17, 15) is 13.2 Å². The highest BCUT2D eigenvalue weighted by Gasteiger charge is 2.22. The molecule has 29 heavy (non-hydrogen) atoms. The maximum atomic E-state index is 12.6. The summed E-state index contributed by atoms with van der Waals surface area (Å²) >= 11 is 0. The summed E-state index contributed by atoms with van der Waals surface area (Å²) in [6.45, 7) is 0.0968. The molecule has 154 valence electrons. The van der Waals surface area contributed by atoms with Gasteiger partial charge in [-0.2, -0.15) is 0 Å². The Balaban J connectivity index is 1.32. The van der Waals surface area contributed by atoms with Gasteiger partial charge in [0.1, 0.15) is 0 Å². The maximum Gasteiger partial charge on any atom is 0.240 e. The Kier molecular flexibility index (Phi) is 6.01. The molecule has 5 nitrogen and oxygen atoms in total. The van der Waals surface area contributed by atoms with Gasteiger partial charge in [-0.05, 0) is 79.3 Å². The van der Waals surface area contributed by atoms with Crippen molar-refractivity contribution in [3.63, 3.8) is 0 Å². The fourth-order valence-electron chi connectivity index (χ4n) is 4.43. The van der Waals surface area contributed by atoms with E-state index in [-0.39, 0.29) is 24.9 Å². The minimum atomic E-state index is -3.60. The molecule has 1 atom stereocenters. The van der Waals surface area contributed by atoms with Crippen LogP contribution in [0.15, 0.2) is 47.4 Å². The van der Waals surface area contributed by atoms with Crippen LogP contribution in [0.4, 0.5) is 0 Å². The number of hydrogen-bond donors (Lipinski definition) is 2. The Morgan fingerprint density at radius 1 is 0.931 bits per heavy atom. The molecule has 6 heteroatoms. The molecule has 0 radical (unpaired) electrons. The number of amides is 1. The molecule has 0 aliphatic heterocycles. The average molecular weight is 413 g/mol. The van der Waals surface area contributed by atoms with Crippen LogP contribution in [0.2, 0.25) is 0 Å². The highest BCUT2D eigenvalue weighted by molar-refractivity contribution is 7.89. The molecule has 0 heterocycles. The third-order valence-electron chi connectivity index (χ3n) is 5.98. The van der Waals surface area contributed by atoms with Gasteiger partial charge in [-0.15, -0.1) is 0 Å². The molecule has 1 amide bonds. The number of fused-ring (bicyclic) bond motifs is 2. The summed E-state index contributed by atoms with van der Waals surface area (Å²) < 4.78 is 27.8. The zero-order valence-corrected chi connectivity index (χ0v) is 17.4. The molecule has 2 aromatic carbocycles. The number of nitrogens with one attached hydrogen (secondary N) is 2. The normalized spacial score (nSPS) is 18.6. The van der Waals surface area contributed by atoms with E-state index in [2.05, 4.69) is 22.2 Å². The van der Waals surface area contributed by atoms with E-state index in [1.807, 2.05) is 18.2 Å².